The Morgan fingerprint density at radius 1 is 1.38 bits per heavy atom. The van der Waals surface area contributed by atoms with Gasteiger partial charge in [0.25, 0.3) is 0 Å². The van der Waals surface area contributed by atoms with E-state index in [0.717, 1.165) is 45.2 Å². The zero-order chi connectivity index (χ0) is 16.9. The molecule has 0 N–H and O–H groups in total. The molecule has 1 unspecified atom stereocenters. The Kier molecular flexibility index (Phi) is 5.52. The van der Waals surface area contributed by atoms with Crippen LogP contribution in [0.4, 0.5) is 4.39 Å². The second-order valence-corrected chi connectivity index (χ2v) is 6.36. The van der Waals surface area contributed by atoms with Crippen LogP contribution >= 0.6 is 0 Å². The molecule has 1 atom stereocenters. The number of rotatable bonds is 6. The first-order chi connectivity index (χ1) is 11.7. The van der Waals surface area contributed by atoms with Gasteiger partial charge in [0.05, 0.1) is 12.8 Å². The summed E-state index contributed by atoms with van der Waals surface area (Å²) in [6.07, 6.45) is 4.16. The van der Waals surface area contributed by atoms with Crippen LogP contribution in [0.5, 0.6) is 0 Å². The standard InChI is InChI=1S/C17H23FN4O2/c1-12(11-23-2)22-7-5-13(6-8-22)9-16-20-17(21-24-16)15-4-3-14(18)10-19-15/h3-4,10,12-13H,5-9,11H2,1-2H3. The molecular weight excluding hydrogens is 311 g/mol. The van der Waals surface area contributed by atoms with Crippen molar-refractivity contribution in [1.82, 2.24) is 20.0 Å². The number of pyridine rings is 1. The summed E-state index contributed by atoms with van der Waals surface area (Å²) in [5.41, 5.74) is 0.523. The van der Waals surface area contributed by atoms with Crippen molar-refractivity contribution >= 4 is 0 Å². The molecule has 1 fully saturated rings. The molecule has 0 radical (unpaired) electrons. The first kappa shape index (κ1) is 17.0. The van der Waals surface area contributed by atoms with Crippen molar-refractivity contribution in [3.8, 4) is 11.5 Å². The molecule has 0 saturated carbocycles. The maximum absolute atomic E-state index is 12.9. The van der Waals surface area contributed by atoms with Crippen molar-refractivity contribution in [1.29, 1.82) is 0 Å². The van der Waals surface area contributed by atoms with Crippen molar-refractivity contribution in [2.45, 2.75) is 32.2 Å². The van der Waals surface area contributed by atoms with E-state index in [2.05, 4.69) is 26.9 Å². The van der Waals surface area contributed by atoms with Crippen LogP contribution in [0.2, 0.25) is 0 Å². The molecule has 24 heavy (non-hydrogen) atoms. The number of hydrogen-bond donors (Lipinski definition) is 0. The molecule has 3 heterocycles. The Labute approximate surface area is 141 Å². The number of hydrogen-bond acceptors (Lipinski definition) is 6. The Balaban J connectivity index is 1.53. The van der Waals surface area contributed by atoms with Crippen LogP contribution in [-0.4, -0.2) is 52.9 Å². The third-order valence-corrected chi connectivity index (χ3v) is 4.57. The number of nitrogens with zero attached hydrogens (tertiary/aromatic N) is 4. The van der Waals surface area contributed by atoms with Gasteiger partial charge in [0.2, 0.25) is 11.7 Å². The molecule has 0 aromatic carbocycles. The average molecular weight is 334 g/mol. The highest BCUT2D eigenvalue weighted by molar-refractivity contribution is 5.47. The first-order valence-electron chi connectivity index (χ1n) is 8.33. The topological polar surface area (TPSA) is 64.3 Å². The highest BCUT2D eigenvalue weighted by Gasteiger charge is 2.24. The van der Waals surface area contributed by atoms with Gasteiger partial charge in [-0.15, -0.1) is 0 Å². The number of piperidine rings is 1. The zero-order valence-electron chi connectivity index (χ0n) is 14.1. The molecular formula is C17H23FN4O2. The maximum atomic E-state index is 12.9. The van der Waals surface area contributed by atoms with E-state index in [9.17, 15) is 4.39 Å². The summed E-state index contributed by atoms with van der Waals surface area (Å²) >= 11 is 0. The molecule has 2 aromatic heterocycles. The molecule has 1 aliphatic rings. The van der Waals surface area contributed by atoms with Crippen LogP contribution in [0.3, 0.4) is 0 Å². The van der Waals surface area contributed by atoms with Gasteiger partial charge in [-0.3, -0.25) is 4.90 Å². The fraction of sp³-hybridized carbons (Fsp3) is 0.588. The minimum atomic E-state index is -0.378. The van der Waals surface area contributed by atoms with E-state index in [1.54, 1.807) is 13.2 Å². The lowest BCUT2D eigenvalue weighted by Crippen LogP contribution is -2.42. The van der Waals surface area contributed by atoms with Gasteiger partial charge >= 0.3 is 0 Å². The largest absolute Gasteiger partial charge is 0.383 e. The van der Waals surface area contributed by atoms with Crippen molar-refractivity contribution < 1.29 is 13.7 Å². The van der Waals surface area contributed by atoms with E-state index >= 15 is 0 Å². The molecule has 3 rings (SSSR count). The summed E-state index contributed by atoms with van der Waals surface area (Å²) in [5.74, 6) is 1.21. The number of aromatic nitrogens is 3. The normalized spacial score (nSPS) is 18.0. The first-order valence-corrected chi connectivity index (χ1v) is 8.33. The van der Waals surface area contributed by atoms with Gasteiger partial charge in [-0.1, -0.05) is 5.16 Å². The van der Waals surface area contributed by atoms with Crippen LogP contribution in [0, 0.1) is 11.7 Å². The van der Waals surface area contributed by atoms with Crippen LogP contribution in [0.15, 0.2) is 22.9 Å². The van der Waals surface area contributed by atoms with Crippen molar-refractivity contribution in [2.24, 2.45) is 5.92 Å². The third kappa shape index (κ3) is 4.15. The summed E-state index contributed by atoms with van der Waals surface area (Å²) in [4.78, 5) is 10.8. The van der Waals surface area contributed by atoms with Gasteiger partial charge in [-0.2, -0.15) is 4.98 Å². The van der Waals surface area contributed by atoms with Gasteiger partial charge in [0.15, 0.2) is 0 Å². The minimum Gasteiger partial charge on any atom is -0.383 e. The van der Waals surface area contributed by atoms with Crippen LogP contribution in [0.25, 0.3) is 11.5 Å². The predicted octanol–water partition coefficient (Wildman–Crippen LogP) is 2.56. The maximum Gasteiger partial charge on any atom is 0.227 e. The van der Waals surface area contributed by atoms with Gasteiger partial charge in [0.1, 0.15) is 11.5 Å². The molecule has 7 heteroatoms. The molecule has 1 aliphatic heterocycles. The lowest BCUT2D eigenvalue weighted by atomic mass is 9.93. The van der Waals surface area contributed by atoms with Gasteiger partial charge in [-0.05, 0) is 50.9 Å². The SMILES string of the molecule is COCC(C)N1CCC(Cc2nc(-c3ccc(F)cn3)no2)CC1. The lowest BCUT2D eigenvalue weighted by Gasteiger charge is -2.35. The van der Waals surface area contributed by atoms with E-state index in [1.165, 1.54) is 6.07 Å². The molecule has 130 valence electrons. The Morgan fingerprint density at radius 2 is 2.17 bits per heavy atom. The lowest BCUT2D eigenvalue weighted by molar-refractivity contribution is 0.0724. The van der Waals surface area contributed by atoms with Crippen molar-refractivity contribution in [2.75, 3.05) is 26.8 Å². The molecule has 0 amide bonds. The van der Waals surface area contributed by atoms with E-state index < -0.39 is 0 Å². The van der Waals surface area contributed by atoms with Gasteiger partial charge in [0, 0.05) is 19.6 Å². The van der Waals surface area contributed by atoms with Crippen molar-refractivity contribution in [3.63, 3.8) is 0 Å². The summed E-state index contributed by atoms with van der Waals surface area (Å²) < 4.78 is 23.5. The van der Waals surface area contributed by atoms with E-state index in [1.807, 2.05) is 0 Å². The zero-order valence-corrected chi connectivity index (χ0v) is 14.1. The van der Waals surface area contributed by atoms with E-state index in [-0.39, 0.29) is 5.82 Å². The Hall–Kier alpha value is -1.86. The summed E-state index contributed by atoms with van der Waals surface area (Å²) in [7, 11) is 1.74. The highest BCUT2D eigenvalue weighted by atomic mass is 19.1. The molecule has 2 aromatic rings. The van der Waals surface area contributed by atoms with E-state index in [4.69, 9.17) is 9.26 Å². The predicted molar refractivity (Wildman–Crippen MR) is 86.8 cm³/mol. The number of halogens is 1. The fourth-order valence-electron chi connectivity index (χ4n) is 3.14. The Morgan fingerprint density at radius 3 is 2.83 bits per heavy atom. The van der Waals surface area contributed by atoms with Crippen LogP contribution < -0.4 is 0 Å². The van der Waals surface area contributed by atoms with Gasteiger partial charge in [-0.25, -0.2) is 9.37 Å². The molecule has 0 bridgehead atoms. The van der Waals surface area contributed by atoms with Crippen molar-refractivity contribution in [3.05, 3.63) is 30.0 Å². The molecule has 0 aliphatic carbocycles. The Bertz CT molecular complexity index is 638. The number of ether oxygens (including phenoxy) is 1. The minimum absolute atomic E-state index is 0.378. The highest BCUT2D eigenvalue weighted by Crippen LogP contribution is 2.23. The van der Waals surface area contributed by atoms with Gasteiger partial charge < -0.3 is 9.26 Å². The summed E-state index contributed by atoms with van der Waals surface area (Å²) in [5, 5.41) is 3.95. The van der Waals surface area contributed by atoms with Crippen LogP contribution in [0.1, 0.15) is 25.7 Å². The summed E-state index contributed by atoms with van der Waals surface area (Å²) in [6.45, 7) is 5.09. The summed E-state index contributed by atoms with van der Waals surface area (Å²) in [6, 6.07) is 3.35. The monoisotopic (exact) mass is 334 g/mol. The molecule has 1 saturated heterocycles. The number of likely N-dealkylation sites (tertiary alicyclic amines) is 1. The number of methoxy groups -OCH3 is 1. The second-order valence-electron chi connectivity index (χ2n) is 6.36. The third-order valence-electron chi connectivity index (χ3n) is 4.57. The molecule has 0 spiro atoms. The fourth-order valence-corrected chi connectivity index (χ4v) is 3.14. The average Bonchev–Trinajstić information content (AvgIpc) is 3.05. The van der Waals surface area contributed by atoms with Crippen LogP contribution in [-0.2, 0) is 11.2 Å². The smallest absolute Gasteiger partial charge is 0.227 e. The second kappa shape index (κ2) is 7.81. The van der Waals surface area contributed by atoms with E-state index in [0.29, 0.717) is 29.4 Å². The molecule has 6 nitrogen and oxygen atoms in total. The quantitative estimate of drug-likeness (QED) is 0.809.